The Labute approximate surface area is 126 Å². The van der Waals surface area contributed by atoms with Crippen LogP contribution in [0.1, 0.15) is 0 Å². The summed E-state index contributed by atoms with van der Waals surface area (Å²) in [6.07, 6.45) is 0. The van der Waals surface area contributed by atoms with Gasteiger partial charge in [-0.05, 0) is 48.2 Å². The normalized spacial score (nSPS) is 10.8. The van der Waals surface area contributed by atoms with E-state index in [0.29, 0.717) is 4.90 Å². The van der Waals surface area contributed by atoms with Crippen LogP contribution in [0.2, 0.25) is 0 Å². The lowest BCUT2D eigenvalue weighted by Gasteiger charge is -2.14. The van der Waals surface area contributed by atoms with Crippen molar-refractivity contribution in [3.05, 3.63) is 84.7 Å². The zero-order valence-electron chi connectivity index (χ0n) is 11.2. The van der Waals surface area contributed by atoms with Crippen molar-refractivity contribution in [2.75, 3.05) is 0 Å². The summed E-state index contributed by atoms with van der Waals surface area (Å²) in [7, 11) is -0.514. The molecule has 0 bridgehead atoms. The van der Waals surface area contributed by atoms with E-state index in [1.807, 2.05) is 60.7 Å². The van der Waals surface area contributed by atoms with Crippen molar-refractivity contribution in [3.8, 4) is 5.75 Å². The van der Waals surface area contributed by atoms with Gasteiger partial charge in [0.2, 0.25) is 0 Å². The fraction of sp³-hybridized carbons (Fsp3) is 0. The van der Waals surface area contributed by atoms with Crippen LogP contribution in [0.3, 0.4) is 0 Å². The number of rotatable bonds is 3. The molecule has 0 saturated heterocycles. The van der Waals surface area contributed by atoms with Crippen LogP contribution in [0.15, 0.2) is 93.5 Å². The van der Waals surface area contributed by atoms with E-state index in [4.69, 9.17) is 0 Å². The monoisotopic (exact) mass is 296 g/mol. The SMILES string of the molecule is [O-]c1cc(F)ccc1[S+](c1ccccc1)c1ccccc1. The fourth-order valence-electron chi connectivity index (χ4n) is 2.15. The van der Waals surface area contributed by atoms with Gasteiger partial charge in [0.1, 0.15) is 5.82 Å². The zero-order valence-corrected chi connectivity index (χ0v) is 12.0. The van der Waals surface area contributed by atoms with Gasteiger partial charge in [-0.2, -0.15) is 0 Å². The molecule has 0 aliphatic carbocycles. The molecule has 0 saturated carbocycles. The summed E-state index contributed by atoms with van der Waals surface area (Å²) in [4.78, 5) is 2.72. The van der Waals surface area contributed by atoms with E-state index in [1.165, 1.54) is 6.07 Å². The van der Waals surface area contributed by atoms with Gasteiger partial charge < -0.3 is 5.11 Å². The average Bonchev–Trinajstić information content (AvgIpc) is 2.52. The van der Waals surface area contributed by atoms with Gasteiger partial charge in [0.05, 0.1) is 10.9 Å². The first kappa shape index (κ1) is 13.7. The third kappa shape index (κ3) is 2.93. The molecule has 0 atom stereocenters. The molecule has 0 amide bonds. The Balaban J connectivity index is 2.17. The second-order valence-corrected chi connectivity index (χ2v) is 6.52. The van der Waals surface area contributed by atoms with Crippen LogP contribution in [0.25, 0.3) is 0 Å². The Morgan fingerprint density at radius 1 is 0.714 bits per heavy atom. The molecule has 21 heavy (non-hydrogen) atoms. The quantitative estimate of drug-likeness (QED) is 0.670. The predicted octanol–water partition coefficient (Wildman–Crippen LogP) is 3.99. The molecule has 0 aliphatic rings. The molecule has 0 heterocycles. The van der Waals surface area contributed by atoms with Gasteiger partial charge in [-0.25, -0.2) is 4.39 Å². The molecule has 3 rings (SSSR count). The Morgan fingerprint density at radius 3 is 1.71 bits per heavy atom. The van der Waals surface area contributed by atoms with E-state index in [9.17, 15) is 9.50 Å². The van der Waals surface area contributed by atoms with E-state index in [2.05, 4.69) is 0 Å². The molecule has 3 heteroatoms. The van der Waals surface area contributed by atoms with Crippen molar-refractivity contribution in [1.82, 2.24) is 0 Å². The van der Waals surface area contributed by atoms with Gasteiger partial charge in [0.25, 0.3) is 0 Å². The highest BCUT2D eigenvalue weighted by molar-refractivity contribution is 7.97. The second kappa shape index (κ2) is 6.02. The minimum Gasteiger partial charge on any atom is -0.869 e. The minimum absolute atomic E-state index is 0.258. The molecular weight excluding hydrogens is 283 g/mol. The molecule has 0 radical (unpaired) electrons. The first-order valence-corrected chi connectivity index (χ1v) is 7.79. The van der Waals surface area contributed by atoms with Gasteiger partial charge in [-0.3, -0.25) is 0 Å². The van der Waals surface area contributed by atoms with E-state index in [1.54, 1.807) is 6.07 Å². The van der Waals surface area contributed by atoms with Gasteiger partial charge in [0.15, 0.2) is 14.7 Å². The summed E-state index contributed by atoms with van der Waals surface area (Å²) in [5, 5.41) is 12.2. The Bertz CT molecular complexity index is 689. The number of hydrogen-bond acceptors (Lipinski definition) is 1. The number of halogens is 1. The topological polar surface area (TPSA) is 23.1 Å². The van der Waals surface area contributed by atoms with Gasteiger partial charge in [-0.1, -0.05) is 36.4 Å². The fourth-order valence-corrected chi connectivity index (χ4v) is 4.26. The van der Waals surface area contributed by atoms with Crippen LogP contribution in [0.4, 0.5) is 4.39 Å². The lowest BCUT2D eigenvalue weighted by atomic mass is 10.3. The molecule has 0 N–H and O–H groups in total. The van der Waals surface area contributed by atoms with Crippen molar-refractivity contribution in [3.63, 3.8) is 0 Å². The maximum absolute atomic E-state index is 13.2. The Morgan fingerprint density at radius 2 is 1.24 bits per heavy atom. The van der Waals surface area contributed by atoms with Crippen molar-refractivity contribution < 1.29 is 9.50 Å². The van der Waals surface area contributed by atoms with Crippen LogP contribution in [-0.4, -0.2) is 0 Å². The lowest BCUT2D eigenvalue weighted by molar-refractivity contribution is -0.272. The standard InChI is InChI=1S/C18H13FOS/c19-14-11-12-18(17(20)13-14)21(15-7-3-1-4-8-15)16-9-5-2-6-10-16/h1-13H. The maximum atomic E-state index is 13.2. The average molecular weight is 296 g/mol. The van der Waals surface area contributed by atoms with Gasteiger partial charge in [-0.15, -0.1) is 0 Å². The first-order chi connectivity index (χ1) is 10.3. The van der Waals surface area contributed by atoms with Gasteiger partial charge in [0, 0.05) is 0 Å². The zero-order chi connectivity index (χ0) is 14.7. The van der Waals surface area contributed by atoms with E-state index >= 15 is 0 Å². The summed E-state index contributed by atoms with van der Waals surface area (Å²) in [6.45, 7) is 0. The molecule has 1 nitrogen and oxygen atoms in total. The molecule has 0 fully saturated rings. The van der Waals surface area contributed by atoms with Crippen LogP contribution in [0.5, 0.6) is 5.75 Å². The highest BCUT2D eigenvalue weighted by Crippen LogP contribution is 2.35. The molecule has 3 aromatic carbocycles. The summed E-state index contributed by atoms with van der Waals surface area (Å²) in [5.74, 6) is -0.750. The van der Waals surface area contributed by atoms with Crippen molar-refractivity contribution in [2.45, 2.75) is 14.7 Å². The summed E-state index contributed by atoms with van der Waals surface area (Å²) in [6, 6.07) is 23.7. The minimum atomic E-state index is -0.514. The van der Waals surface area contributed by atoms with Crippen LogP contribution < -0.4 is 5.11 Å². The molecule has 0 aliphatic heterocycles. The smallest absolute Gasteiger partial charge is 0.166 e. The summed E-state index contributed by atoms with van der Waals surface area (Å²) >= 11 is 0. The molecule has 0 unspecified atom stereocenters. The van der Waals surface area contributed by atoms with Crippen molar-refractivity contribution in [1.29, 1.82) is 0 Å². The van der Waals surface area contributed by atoms with Crippen LogP contribution in [-0.2, 0) is 10.9 Å². The largest absolute Gasteiger partial charge is 0.869 e. The van der Waals surface area contributed by atoms with Crippen LogP contribution in [0, 0.1) is 5.82 Å². The van der Waals surface area contributed by atoms with Crippen molar-refractivity contribution >= 4 is 10.9 Å². The molecule has 0 spiro atoms. The van der Waals surface area contributed by atoms with E-state index in [0.717, 1.165) is 15.9 Å². The number of hydrogen-bond donors (Lipinski definition) is 0. The predicted molar refractivity (Wildman–Crippen MR) is 80.9 cm³/mol. The second-order valence-electron chi connectivity index (χ2n) is 4.52. The maximum Gasteiger partial charge on any atom is 0.166 e. The highest BCUT2D eigenvalue weighted by atomic mass is 32.2. The van der Waals surface area contributed by atoms with E-state index < -0.39 is 16.7 Å². The summed E-state index contributed by atoms with van der Waals surface area (Å²) < 4.78 is 13.2. The lowest BCUT2D eigenvalue weighted by Crippen LogP contribution is -2.08. The first-order valence-electron chi connectivity index (χ1n) is 6.56. The van der Waals surface area contributed by atoms with E-state index in [-0.39, 0.29) is 5.75 Å². The Hall–Kier alpha value is -2.26. The van der Waals surface area contributed by atoms with Crippen molar-refractivity contribution in [2.24, 2.45) is 0 Å². The molecular formula is C18H13FOS. The molecule has 104 valence electrons. The third-order valence-electron chi connectivity index (χ3n) is 3.08. The van der Waals surface area contributed by atoms with Crippen LogP contribution >= 0.6 is 0 Å². The highest BCUT2D eigenvalue weighted by Gasteiger charge is 2.28. The molecule has 3 aromatic rings. The Kier molecular flexibility index (Phi) is 3.93. The summed E-state index contributed by atoms with van der Waals surface area (Å²) in [5.41, 5.74) is 0. The molecule has 0 aromatic heterocycles. The number of benzene rings is 3. The van der Waals surface area contributed by atoms with Gasteiger partial charge >= 0.3 is 0 Å². The third-order valence-corrected chi connectivity index (χ3v) is 5.35.